The highest BCUT2D eigenvalue weighted by molar-refractivity contribution is 9.10. The van der Waals surface area contributed by atoms with Gasteiger partial charge in [0.05, 0.1) is 9.99 Å². The van der Waals surface area contributed by atoms with E-state index in [2.05, 4.69) is 36.7 Å². The highest BCUT2D eigenvalue weighted by atomic mass is 79.9. The molecule has 0 spiro atoms. The third-order valence-corrected chi connectivity index (χ3v) is 3.33. The molecule has 0 fully saturated rings. The fourth-order valence-electron chi connectivity index (χ4n) is 2.05. The SMILES string of the molecule is CC(C)(C)Cn1cc(C=O)c2cc(F)c(Br)cc21. The maximum absolute atomic E-state index is 13.5. The van der Waals surface area contributed by atoms with E-state index in [-0.39, 0.29) is 11.2 Å². The second-order valence-electron chi connectivity index (χ2n) is 5.67. The van der Waals surface area contributed by atoms with Gasteiger partial charge in [-0.2, -0.15) is 0 Å². The molecule has 0 unspecified atom stereocenters. The van der Waals surface area contributed by atoms with Gasteiger partial charge in [0.1, 0.15) is 5.82 Å². The first-order valence-corrected chi connectivity index (χ1v) is 6.54. The minimum absolute atomic E-state index is 0.0902. The van der Waals surface area contributed by atoms with Crippen molar-refractivity contribution in [2.75, 3.05) is 0 Å². The molecule has 96 valence electrons. The number of benzene rings is 1. The van der Waals surface area contributed by atoms with E-state index in [0.717, 1.165) is 18.3 Å². The van der Waals surface area contributed by atoms with Crippen molar-refractivity contribution in [1.82, 2.24) is 4.57 Å². The van der Waals surface area contributed by atoms with Gasteiger partial charge in [-0.1, -0.05) is 20.8 Å². The Morgan fingerprint density at radius 2 is 2.06 bits per heavy atom. The summed E-state index contributed by atoms with van der Waals surface area (Å²) in [6.07, 6.45) is 2.56. The number of carbonyl (C=O) groups is 1. The van der Waals surface area contributed by atoms with Crippen LogP contribution in [0.3, 0.4) is 0 Å². The molecule has 4 heteroatoms. The van der Waals surface area contributed by atoms with Crippen molar-refractivity contribution in [2.24, 2.45) is 5.41 Å². The van der Waals surface area contributed by atoms with Crippen LogP contribution in [0.2, 0.25) is 0 Å². The van der Waals surface area contributed by atoms with Crippen LogP contribution in [0.1, 0.15) is 31.1 Å². The minimum atomic E-state index is -0.348. The van der Waals surface area contributed by atoms with Crippen molar-refractivity contribution >= 4 is 33.1 Å². The molecule has 2 rings (SSSR count). The first-order valence-electron chi connectivity index (χ1n) is 5.75. The van der Waals surface area contributed by atoms with Crippen LogP contribution >= 0.6 is 15.9 Å². The number of fused-ring (bicyclic) bond motifs is 1. The average molecular weight is 312 g/mol. The molecule has 0 atom stereocenters. The molecule has 0 aliphatic heterocycles. The quantitative estimate of drug-likeness (QED) is 0.753. The fourth-order valence-corrected chi connectivity index (χ4v) is 2.38. The summed E-state index contributed by atoms with van der Waals surface area (Å²) in [5.74, 6) is -0.348. The van der Waals surface area contributed by atoms with Gasteiger partial charge in [0, 0.05) is 23.7 Å². The monoisotopic (exact) mass is 311 g/mol. The molecule has 2 nitrogen and oxygen atoms in total. The normalized spacial score (nSPS) is 12.1. The lowest BCUT2D eigenvalue weighted by Gasteiger charge is -2.19. The molecule has 1 aromatic heterocycles. The zero-order chi connectivity index (χ0) is 13.5. The number of aldehydes is 1. The molecule has 0 radical (unpaired) electrons. The summed E-state index contributed by atoms with van der Waals surface area (Å²) in [5.41, 5.74) is 1.49. The molecule has 0 amide bonds. The lowest BCUT2D eigenvalue weighted by molar-refractivity contribution is 0.112. The number of halogens is 2. The van der Waals surface area contributed by atoms with E-state index in [0.29, 0.717) is 15.4 Å². The molecular formula is C14H15BrFNO. The van der Waals surface area contributed by atoms with Crippen LogP contribution in [-0.2, 0) is 6.54 Å². The van der Waals surface area contributed by atoms with Crippen LogP contribution in [0.5, 0.6) is 0 Å². The topological polar surface area (TPSA) is 22.0 Å². The second-order valence-corrected chi connectivity index (χ2v) is 6.53. The molecule has 0 saturated carbocycles. The third kappa shape index (κ3) is 2.48. The average Bonchev–Trinajstić information content (AvgIpc) is 2.55. The Bertz CT molecular complexity index is 610. The Labute approximate surface area is 114 Å². The molecule has 0 saturated heterocycles. The summed E-state index contributed by atoms with van der Waals surface area (Å²) < 4.78 is 16.0. The van der Waals surface area contributed by atoms with Gasteiger partial charge in [0.25, 0.3) is 0 Å². The highest BCUT2D eigenvalue weighted by Crippen LogP contribution is 2.29. The van der Waals surface area contributed by atoms with E-state index >= 15 is 0 Å². The van der Waals surface area contributed by atoms with Crippen molar-refractivity contribution in [3.63, 3.8) is 0 Å². The van der Waals surface area contributed by atoms with Gasteiger partial charge in [-0.25, -0.2) is 4.39 Å². The Morgan fingerprint density at radius 1 is 1.39 bits per heavy atom. The van der Waals surface area contributed by atoms with Gasteiger partial charge >= 0.3 is 0 Å². The Morgan fingerprint density at radius 3 is 2.61 bits per heavy atom. The standard InChI is InChI=1S/C14H15BrFNO/c1-14(2,3)8-17-6-9(7-18)10-4-12(16)11(15)5-13(10)17/h4-7H,8H2,1-3H3. The number of carbonyl (C=O) groups excluding carboxylic acids is 1. The van der Waals surface area contributed by atoms with Crippen LogP contribution in [0, 0.1) is 11.2 Å². The largest absolute Gasteiger partial charge is 0.346 e. The van der Waals surface area contributed by atoms with Gasteiger partial charge in [-0.15, -0.1) is 0 Å². The molecule has 0 bridgehead atoms. The summed E-state index contributed by atoms with van der Waals surface area (Å²) in [6, 6.07) is 3.13. The number of hydrogen-bond donors (Lipinski definition) is 0. The summed E-state index contributed by atoms with van der Waals surface area (Å²) in [6.45, 7) is 7.14. The van der Waals surface area contributed by atoms with E-state index in [1.165, 1.54) is 6.07 Å². The van der Waals surface area contributed by atoms with E-state index in [1.54, 1.807) is 12.3 Å². The van der Waals surface area contributed by atoms with Gasteiger partial charge in [-0.05, 0) is 33.5 Å². The van der Waals surface area contributed by atoms with Crippen molar-refractivity contribution in [3.05, 3.63) is 34.2 Å². The van der Waals surface area contributed by atoms with Gasteiger partial charge in [0.15, 0.2) is 6.29 Å². The van der Waals surface area contributed by atoms with Crippen molar-refractivity contribution < 1.29 is 9.18 Å². The predicted octanol–water partition coefficient (Wildman–Crippen LogP) is 4.40. The lowest BCUT2D eigenvalue weighted by atomic mass is 9.97. The summed E-state index contributed by atoms with van der Waals surface area (Å²) in [7, 11) is 0. The Kier molecular flexibility index (Phi) is 3.32. The Hall–Kier alpha value is -1.16. The molecule has 1 aromatic carbocycles. The molecule has 1 heterocycles. The summed E-state index contributed by atoms with van der Waals surface area (Å²) >= 11 is 3.18. The number of hydrogen-bond acceptors (Lipinski definition) is 1. The van der Waals surface area contributed by atoms with E-state index < -0.39 is 0 Å². The maximum Gasteiger partial charge on any atom is 0.152 e. The minimum Gasteiger partial charge on any atom is -0.346 e. The van der Waals surface area contributed by atoms with E-state index in [9.17, 15) is 9.18 Å². The molecule has 0 N–H and O–H groups in total. The second kappa shape index (κ2) is 4.50. The first-order chi connectivity index (χ1) is 8.31. The molecule has 0 aliphatic rings. The Balaban J connectivity index is 2.67. The molecule has 2 aromatic rings. The van der Waals surface area contributed by atoms with Crippen molar-refractivity contribution in [2.45, 2.75) is 27.3 Å². The molecule has 0 aliphatic carbocycles. The first kappa shape index (κ1) is 13.3. The predicted molar refractivity (Wildman–Crippen MR) is 74.4 cm³/mol. The summed E-state index contributed by atoms with van der Waals surface area (Å²) in [4.78, 5) is 11.0. The van der Waals surface area contributed by atoms with E-state index in [1.807, 2.05) is 4.57 Å². The zero-order valence-corrected chi connectivity index (χ0v) is 12.2. The third-order valence-electron chi connectivity index (χ3n) is 2.73. The van der Waals surface area contributed by atoms with Crippen LogP contribution < -0.4 is 0 Å². The van der Waals surface area contributed by atoms with Crippen LogP contribution in [0.25, 0.3) is 10.9 Å². The van der Waals surface area contributed by atoms with Crippen LogP contribution in [0.4, 0.5) is 4.39 Å². The van der Waals surface area contributed by atoms with Crippen molar-refractivity contribution in [3.8, 4) is 0 Å². The number of rotatable bonds is 2. The van der Waals surface area contributed by atoms with E-state index in [4.69, 9.17) is 0 Å². The van der Waals surface area contributed by atoms with Crippen LogP contribution in [0.15, 0.2) is 22.8 Å². The van der Waals surface area contributed by atoms with Gasteiger partial charge in [0.2, 0.25) is 0 Å². The smallest absolute Gasteiger partial charge is 0.152 e. The number of aromatic nitrogens is 1. The van der Waals surface area contributed by atoms with Crippen LogP contribution in [-0.4, -0.2) is 10.9 Å². The summed E-state index contributed by atoms with van der Waals surface area (Å²) in [5, 5.41) is 0.662. The number of nitrogens with zero attached hydrogens (tertiary/aromatic N) is 1. The molecular weight excluding hydrogens is 297 g/mol. The maximum atomic E-state index is 13.5. The zero-order valence-electron chi connectivity index (χ0n) is 10.6. The molecule has 18 heavy (non-hydrogen) atoms. The lowest BCUT2D eigenvalue weighted by Crippen LogP contribution is -2.14. The fraction of sp³-hybridized carbons (Fsp3) is 0.357. The van der Waals surface area contributed by atoms with Gasteiger partial charge in [-0.3, -0.25) is 4.79 Å². The van der Waals surface area contributed by atoms with Crippen molar-refractivity contribution in [1.29, 1.82) is 0 Å². The van der Waals surface area contributed by atoms with Gasteiger partial charge < -0.3 is 4.57 Å². The highest BCUT2D eigenvalue weighted by Gasteiger charge is 2.16.